The molecule has 0 spiro atoms. The lowest BCUT2D eigenvalue weighted by Crippen LogP contribution is -1.99. The molecule has 10 heteroatoms. The van der Waals surface area contributed by atoms with Crippen LogP contribution >= 0.6 is 8.25 Å². The zero-order chi connectivity index (χ0) is 20.6. The number of hydrogen-bond acceptors (Lipinski definition) is 7. The molecule has 152 valence electrons. The van der Waals surface area contributed by atoms with E-state index in [2.05, 4.69) is 20.6 Å². The van der Waals surface area contributed by atoms with Gasteiger partial charge in [-0.25, -0.2) is 9.36 Å². The zero-order valence-corrected chi connectivity index (χ0v) is 17.0. The number of rotatable bonds is 10. The van der Waals surface area contributed by atoms with E-state index in [1.54, 1.807) is 21.8 Å². The molecule has 0 saturated heterocycles. The molecule has 0 aliphatic rings. The average Bonchev–Trinajstić information content (AvgIpc) is 3.41. The van der Waals surface area contributed by atoms with Crippen LogP contribution < -0.4 is 0 Å². The SMILES string of the molecule is O=[P+](OCc1cn(Cc2ccccc2)nn1)OCc1cn(Cc2ccccc2)nn1. The standard InChI is InChI=1S/C20H20N6O3P/c27-30(28-15-19-13-25(23-21-19)11-17-7-3-1-4-8-17)29-16-20-14-26(24-22-20)12-18-9-5-2-6-10-18/h1-10,13-14H,11-12,15-16H2/q+1. The van der Waals surface area contributed by atoms with Crippen LogP contribution in [0.1, 0.15) is 22.5 Å². The highest BCUT2D eigenvalue weighted by Gasteiger charge is 2.22. The Morgan fingerprint density at radius 1 is 0.700 bits per heavy atom. The molecule has 2 aromatic heterocycles. The second kappa shape index (κ2) is 9.98. The second-order valence-electron chi connectivity index (χ2n) is 6.56. The molecule has 0 bridgehead atoms. The van der Waals surface area contributed by atoms with Crippen molar-refractivity contribution in [1.29, 1.82) is 0 Å². The fraction of sp³-hybridized carbons (Fsp3) is 0.200. The molecule has 2 heterocycles. The van der Waals surface area contributed by atoms with E-state index >= 15 is 0 Å². The third kappa shape index (κ3) is 5.87. The lowest BCUT2D eigenvalue weighted by atomic mass is 10.2. The van der Waals surface area contributed by atoms with E-state index in [0.717, 1.165) is 11.1 Å². The molecule has 0 unspecified atom stereocenters. The Morgan fingerprint density at radius 2 is 1.13 bits per heavy atom. The Hall–Kier alpha value is -3.26. The minimum absolute atomic E-state index is 0.0463. The van der Waals surface area contributed by atoms with Gasteiger partial charge in [0.15, 0.2) is 13.2 Å². The molecular formula is C20H20N6O3P+. The van der Waals surface area contributed by atoms with Gasteiger partial charge in [0.2, 0.25) is 0 Å². The van der Waals surface area contributed by atoms with Gasteiger partial charge in [0, 0.05) is 4.57 Å². The van der Waals surface area contributed by atoms with Crippen LogP contribution in [0.5, 0.6) is 0 Å². The molecule has 4 rings (SSSR count). The summed E-state index contributed by atoms with van der Waals surface area (Å²) in [6.07, 6.45) is 3.51. The maximum atomic E-state index is 12.0. The number of benzene rings is 2. The minimum Gasteiger partial charge on any atom is -0.248 e. The van der Waals surface area contributed by atoms with Gasteiger partial charge in [-0.05, 0) is 11.1 Å². The van der Waals surface area contributed by atoms with Gasteiger partial charge in [0.25, 0.3) is 0 Å². The Bertz CT molecular complexity index is 998. The lowest BCUT2D eigenvalue weighted by Gasteiger charge is -1.99. The first-order chi connectivity index (χ1) is 14.7. The smallest absolute Gasteiger partial charge is 0.248 e. The van der Waals surface area contributed by atoms with Gasteiger partial charge in [-0.2, -0.15) is 0 Å². The maximum Gasteiger partial charge on any atom is 0.698 e. The van der Waals surface area contributed by atoms with E-state index in [4.69, 9.17) is 9.05 Å². The monoisotopic (exact) mass is 423 g/mol. The Morgan fingerprint density at radius 3 is 1.57 bits per heavy atom. The molecule has 0 aliphatic carbocycles. The van der Waals surface area contributed by atoms with Crippen LogP contribution in [0.4, 0.5) is 0 Å². The van der Waals surface area contributed by atoms with Crippen LogP contribution in [0.3, 0.4) is 0 Å². The topological polar surface area (TPSA) is 97.0 Å². The van der Waals surface area contributed by atoms with Gasteiger partial charge in [-0.3, -0.25) is 0 Å². The Balaban J connectivity index is 1.20. The summed E-state index contributed by atoms with van der Waals surface area (Å²) in [6, 6.07) is 19.9. The summed E-state index contributed by atoms with van der Waals surface area (Å²) in [6.45, 7) is 1.31. The summed E-state index contributed by atoms with van der Waals surface area (Å²) in [5, 5.41) is 16.1. The van der Waals surface area contributed by atoms with Crippen LogP contribution in [-0.2, 0) is 39.9 Å². The highest BCUT2D eigenvalue weighted by molar-refractivity contribution is 7.33. The first-order valence-electron chi connectivity index (χ1n) is 9.33. The summed E-state index contributed by atoms with van der Waals surface area (Å²) >= 11 is 0. The van der Waals surface area contributed by atoms with Crippen molar-refractivity contribution >= 4 is 8.25 Å². The molecular weight excluding hydrogens is 403 g/mol. The van der Waals surface area contributed by atoms with E-state index in [9.17, 15) is 4.57 Å². The summed E-state index contributed by atoms with van der Waals surface area (Å²) in [5.74, 6) is 0. The molecule has 0 saturated carbocycles. The summed E-state index contributed by atoms with van der Waals surface area (Å²) < 4.78 is 25.8. The summed E-state index contributed by atoms with van der Waals surface area (Å²) in [5.41, 5.74) is 3.38. The molecule has 0 N–H and O–H groups in total. The highest BCUT2D eigenvalue weighted by atomic mass is 31.1. The minimum atomic E-state index is -2.31. The van der Waals surface area contributed by atoms with Gasteiger partial charge in [-0.15, -0.1) is 19.2 Å². The number of aromatic nitrogens is 6. The number of hydrogen-bond donors (Lipinski definition) is 0. The van der Waals surface area contributed by atoms with E-state index in [0.29, 0.717) is 24.5 Å². The fourth-order valence-electron chi connectivity index (χ4n) is 2.78. The first-order valence-corrected chi connectivity index (χ1v) is 10.4. The van der Waals surface area contributed by atoms with Gasteiger partial charge in [0.1, 0.15) is 11.4 Å². The van der Waals surface area contributed by atoms with Crippen molar-refractivity contribution in [2.45, 2.75) is 26.3 Å². The quantitative estimate of drug-likeness (QED) is 0.361. The molecule has 30 heavy (non-hydrogen) atoms. The van der Waals surface area contributed by atoms with Gasteiger partial charge < -0.3 is 0 Å². The highest BCUT2D eigenvalue weighted by Crippen LogP contribution is 2.26. The Labute approximate surface area is 174 Å². The molecule has 4 aromatic rings. The molecule has 9 nitrogen and oxygen atoms in total. The van der Waals surface area contributed by atoms with Crippen LogP contribution in [0, 0.1) is 0 Å². The first kappa shape index (κ1) is 20.0. The van der Waals surface area contributed by atoms with Crippen LogP contribution in [0.15, 0.2) is 73.1 Å². The van der Waals surface area contributed by atoms with Crippen molar-refractivity contribution in [2.24, 2.45) is 0 Å². The van der Waals surface area contributed by atoms with E-state index in [1.165, 1.54) is 0 Å². The maximum absolute atomic E-state index is 12.0. The molecule has 0 aliphatic heterocycles. The third-order valence-electron chi connectivity index (χ3n) is 4.18. The normalized spacial score (nSPS) is 10.9. The zero-order valence-electron chi connectivity index (χ0n) is 16.1. The number of nitrogens with zero attached hydrogens (tertiary/aromatic N) is 6. The fourth-order valence-corrected chi connectivity index (χ4v) is 3.33. The van der Waals surface area contributed by atoms with Crippen LogP contribution in [0.2, 0.25) is 0 Å². The van der Waals surface area contributed by atoms with Crippen molar-refractivity contribution in [3.63, 3.8) is 0 Å². The summed E-state index contributed by atoms with van der Waals surface area (Å²) in [7, 11) is -2.31. The van der Waals surface area contributed by atoms with Crippen LogP contribution in [-0.4, -0.2) is 30.0 Å². The van der Waals surface area contributed by atoms with Crippen LogP contribution in [0.25, 0.3) is 0 Å². The molecule has 2 aromatic carbocycles. The third-order valence-corrected chi connectivity index (χ3v) is 4.86. The predicted octanol–water partition coefficient (Wildman–Crippen LogP) is 3.36. The average molecular weight is 423 g/mol. The Kier molecular flexibility index (Phi) is 6.66. The van der Waals surface area contributed by atoms with Crippen molar-refractivity contribution < 1.29 is 13.6 Å². The summed E-state index contributed by atoms with van der Waals surface area (Å²) in [4.78, 5) is 0. The van der Waals surface area contributed by atoms with E-state index in [-0.39, 0.29) is 13.2 Å². The van der Waals surface area contributed by atoms with Gasteiger partial charge in [-0.1, -0.05) is 71.1 Å². The van der Waals surface area contributed by atoms with Gasteiger partial charge >= 0.3 is 8.25 Å². The van der Waals surface area contributed by atoms with E-state index in [1.807, 2.05) is 60.7 Å². The van der Waals surface area contributed by atoms with Gasteiger partial charge in [0.05, 0.1) is 25.5 Å². The molecule has 0 amide bonds. The van der Waals surface area contributed by atoms with Crippen molar-refractivity contribution in [2.75, 3.05) is 0 Å². The molecule has 0 radical (unpaired) electrons. The second-order valence-corrected chi connectivity index (χ2v) is 7.52. The lowest BCUT2D eigenvalue weighted by molar-refractivity contribution is 0.209. The predicted molar refractivity (Wildman–Crippen MR) is 108 cm³/mol. The van der Waals surface area contributed by atoms with Crippen molar-refractivity contribution in [3.8, 4) is 0 Å². The molecule has 0 atom stereocenters. The molecule has 0 fully saturated rings. The van der Waals surface area contributed by atoms with E-state index < -0.39 is 8.25 Å². The van der Waals surface area contributed by atoms with Crippen molar-refractivity contribution in [1.82, 2.24) is 30.0 Å². The largest absolute Gasteiger partial charge is 0.698 e. The van der Waals surface area contributed by atoms with Crippen molar-refractivity contribution in [3.05, 3.63) is 95.6 Å².